The van der Waals surface area contributed by atoms with Gasteiger partial charge in [0.2, 0.25) is 0 Å². The molecule has 0 spiro atoms. The molecule has 2 aromatic rings. The maximum atomic E-state index is 6.15. The van der Waals surface area contributed by atoms with Crippen LogP contribution in [0.4, 0.5) is 0 Å². The Morgan fingerprint density at radius 2 is 1.83 bits per heavy atom. The lowest BCUT2D eigenvalue weighted by molar-refractivity contribution is 0.00578. The molecule has 1 aliphatic carbocycles. The van der Waals surface area contributed by atoms with Gasteiger partial charge in [0.1, 0.15) is 5.82 Å². The van der Waals surface area contributed by atoms with Crippen LogP contribution in [0.1, 0.15) is 52.3 Å². The van der Waals surface area contributed by atoms with Crippen molar-refractivity contribution >= 4 is 24.0 Å². The largest absolute Gasteiger partial charge is 0.514 e. The van der Waals surface area contributed by atoms with Gasteiger partial charge in [0.25, 0.3) is 0 Å². The Morgan fingerprint density at radius 3 is 2.39 bits per heavy atom. The minimum absolute atomic E-state index is 0.368. The lowest BCUT2D eigenvalue weighted by Crippen LogP contribution is -2.41. The third kappa shape index (κ3) is 2.71. The lowest BCUT2D eigenvalue weighted by atomic mass is 9.84. The molecule has 0 bridgehead atoms. The molecule has 2 fully saturated rings. The van der Waals surface area contributed by atoms with Crippen molar-refractivity contribution in [1.29, 1.82) is 0 Å². The zero-order valence-electron chi connectivity index (χ0n) is 13.9. The molecule has 3 heterocycles. The Morgan fingerprint density at radius 1 is 1.13 bits per heavy atom. The van der Waals surface area contributed by atoms with Crippen molar-refractivity contribution in [2.75, 3.05) is 0 Å². The van der Waals surface area contributed by atoms with E-state index in [0.29, 0.717) is 5.92 Å². The molecule has 5 nitrogen and oxygen atoms in total. The maximum Gasteiger partial charge on any atom is 0.514 e. The van der Waals surface area contributed by atoms with Gasteiger partial charge in [-0.2, -0.15) is 0 Å². The Hall–Kier alpha value is -1.31. The summed E-state index contributed by atoms with van der Waals surface area (Å²) in [6.45, 7) is 8.22. The van der Waals surface area contributed by atoms with E-state index in [1.54, 1.807) is 11.3 Å². The molecule has 0 N–H and O–H groups in total. The van der Waals surface area contributed by atoms with Crippen LogP contribution in [0.15, 0.2) is 17.8 Å². The van der Waals surface area contributed by atoms with Gasteiger partial charge in [0.05, 0.1) is 32.9 Å². The number of nitrogens with zero attached hydrogens (tertiary/aromatic N) is 3. The van der Waals surface area contributed by atoms with E-state index < -0.39 is 7.12 Å². The molecule has 2 aromatic heterocycles. The second-order valence-corrected chi connectivity index (χ2v) is 8.15. The first-order valence-corrected chi connectivity index (χ1v) is 8.87. The summed E-state index contributed by atoms with van der Waals surface area (Å²) in [5.74, 6) is 1.38. The third-order valence-electron chi connectivity index (χ3n) is 4.89. The predicted molar refractivity (Wildman–Crippen MR) is 90.8 cm³/mol. The average molecular weight is 329 g/mol. The normalized spacial score (nSPS) is 22.5. The summed E-state index contributed by atoms with van der Waals surface area (Å²) in [6.07, 6.45) is 4.17. The highest BCUT2D eigenvalue weighted by Gasteiger charge is 2.52. The molecule has 4 rings (SSSR count). The smallest absolute Gasteiger partial charge is 0.398 e. The van der Waals surface area contributed by atoms with E-state index in [2.05, 4.69) is 32.7 Å². The van der Waals surface area contributed by atoms with Gasteiger partial charge in [-0.05, 0) is 46.6 Å². The van der Waals surface area contributed by atoms with Gasteiger partial charge in [-0.15, -0.1) is 11.3 Å². The van der Waals surface area contributed by atoms with Crippen molar-refractivity contribution in [3.05, 3.63) is 23.6 Å². The van der Waals surface area contributed by atoms with Crippen LogP contribution in [0.25, 0.3) is 10.6 Å². The van der Waals surface area contributed by atoms with Crippen molar-refractivity contribution in [2.45, 2.75) is 57.7 Å². The summed E-state index contributed by atoms with van der Waals surface area (Å²) in [5, 5.41) is 0. The lowest BCUT2D eigenvalue weighted by Gasteiger charge is -2.32. The molecule has 1 saturated heterocycles. The van der Waals surface area contributed by atoms with E-state index in [-0.39, 0.29) is 11.2 Å². The summed E-state index contributed by atoms with van der Waals surface area (Å²) in [5.41, 5.74) is 2.81. The molecule has 1 aliphatic heterocycles. The van der Waals surface area contributed by atoms with Crippen LogP contribution in [0, 0.1) is 0 Å². The fourth-order valence-electron chi connectivity index (χ4n) is 2.56. The molecule has 0 atom stereocenters. The number of aromatic nitrogens is 3. The Labute approximate surface area is 140 Å². The number of rotatable bonds is 3. The molecule has 0 aromatic carbocycles. The van der Waals surface area contributed by atoms with Crippen molar-refractivity contribution in [1.82, 2.24) is 15.0 Å². The average Bonchev–Trinajstić information content (AvgIpc) is 3.14. The first-order valence-electron chi connectivity index (χ1n) is 7.99. The van der Waals surface area contributed by atoms with Crippen LogP contribution in [0.3, 0.4) is 0 Å². The fraction of sp³-hybridized carbons (Fsp3) is 0.562. The minimum Gasteiger partial charge on any atom is -0.398 e. The molecular weight excluding hydrogens is 309 g/mol. The topological polar surface area (TPSA) is 57.1 Å². The molecule has 0 radical (unpaired) electrons. The van der Waals surface area contributed by atoms with E-state index in [4.69, 9.17) is 19.3 Å². The summed E-state index contributed by atoms with van der Waals surface area (Å²) in [6, 6.07) is 1.97. The van der Waals surface area contributed by atoms with Crippen LogP contribution in [0.5, 0.6) is 0 Å². The fourth-order valence-corrected chi connectivity index (χ4v) is 3.14. The number of thiazole rings is 1. The number of hydrogen-bond acceptors (Lipinski definition) is 6. The van der Waals surface area contributed by atoms with Gasteiger partial charge >= 0.3 is 7.12 Å². The standard InChI is InChI=1S/C16H20BN3O2S/c1-15(2)16(3,4)22-17(21-15)13-7-11(12-8-18-9-23-12)19-14(20-13)10-5-6-10/h7-10H,5-6H2,1-4H3. The maximum absolute atomic E-state index is 6.15. The third-order valence-corrected chi connectivity index (χ3v) is 5.68. The Balaban J connectivity index is 1.74. The monoisotopic (exact) mass is 329 g/mol. The zero-order valence-corrected chi connectivity index (χ0v) is 14.7. The van der Waals surface area contributed by atoms with Crippen LogP contribution in [-0.4, -0.2) is 33.3 Å². The van der Waals surface area contributed by atoms with E-state index in [1.165, 1.54) is 0 Å². The Bertz CT molecular complexity index is 713. The summed E-state index contributed by atoms with van der Waals surface area (Å²) < 4.78 is 12.3. The van der Waals surface area contributed by atoms with Crippen molar-refractivity contribution < 1.29 is 9.31 Å². The second-order valence-electron chi connectivity index (χ2n) is 7.26. The van der Waals surface area contributed by atoms with Crippen LogP contribution in [-0.2, 0) is 9.31 Å². The molecule has 120 valence electrons. The molecule has 2 aliphatic rings. The number of hydrogen-bond donors (Lipinski definition) is 0. The van der Waals surface area contributed by atoms with Crippen molar-refractivity contribution in [3.8, 4) is 10.6 Å². The van der Waals surface area contributed by atoms with E-state index in [1.807, 2.05) is 17.8 Å². The summed E-state index contributed by atoms with van der Waals surface area (Å²) >= 11 is 1.58. The second kappa shape index (κ2) is 5.09. The highest BCUT2D eigenvalue weighted by atomic mass is 32.1. The first kappa shape index (κ1) is 15.2. The van der Waals surface area contributed by atoms with E-state index >= 15 is 0 Å². The highest BCUT2D eigenvalue weighted by molar-refractivity contribution is 7.13. The minimum atomic E-state index is -0.452. The van der Waals surface area contributed by atoms with Gasteiger partial charge in [0.15, 0.2) is 0 Å². The first-order chi connectivity index (χ1) is 10.9. The SMILES string of the molecule is CC1(C)OB(c2cc(-c3cncs3)nc(C3CC3)n2)OC1(C)C. The van der Waals surface area contributed by atoms with Crippen molar-refractivity contribution in [2.24, 2.45) is 0 Å². The molecule has 7 heteroatoms. The van der Waals surface area contributed by atoms with Crippen LogP contribution in [0.2, 0.25) is 0 Å². The van der Waals surface area contributed by atoms with Crippen molar-refractivity contribution in [3.63, 3.8) is 0 Å². The predicted octanol–water partition coefficient (Wildman–Crippen LogP) is 2.78. The summed E-state index contributed by atoms with van der Waals surface area (Å²) in [7, 11) is -0.452. The van der Waals surface area contributed by atoms with Crippen LogP contribution < -0.4 is 5.59 Å². The van der Waals surface area contributed by atoms with E-state index in [9.17, 15) is 0 Å². The van der Waals surface area contributed by atoms with Gasteiger partial charge < -0.3 is 9.31 Å². The zero-order chi connectivity index (χ0) is 16.2. The van der Waals surface area contributed by atoms with Crippen LogP contribution >= 0.6 is 11.3 Å². The van der Waals surface area contributed by atoms with Gasteiger partial charge in [0, 0.05) is 12.1 Å². The Kier molecular flexibility index (Phi) is 3.37. The molecule has 23 heavy (non-hydrogen) atoms. The van der Waals surface area contributed by atoms with Gasteiger partial charge in [-0.25, -0.2) is 9.97 Å². The molecule has 0 unspecified atom stereocenters. The van der Waals surface area contributed by atoms with Gasteiger partial charge in [-0.3, -0.25) is 4.98 Å². The highest BCUT2D eigenvalue weighted by Crippen LogP contribution is 2.39. The molecule has 0 amide bonds. The summed E-state index contributed by atoms with van der Waals surface area (Å²) in [4.78, 5) is 14.7. The van der Waals surface area contributed by atoms with Gasteiger partial charge in [-0.1, -0.05) is 0 Å². The quantitative estimate of drug-likeness (QED) is 0.811. The van der Waals surface area contributed by atoms with E-state index in [0.717, 1.165) is 34.8 Å². The molecular formula is C16H20BN3O2S. The molecule has 1 saturated carbocycles.